The summed E-state index contributed by atoms with van der Waals surface area (Å²) < 4.78 is 45.3. The van der Waals surface area contributed by atoms with Crippen molar-refractivity contribution in [2.45, 2.75) is 43.7 Å². The van der Waals surface area contributed by atoms with Gasteiger partial charge in [-0.2, -0.15) is 0 Å². The number of rotatable bonds is 12. The van der Waals surface area contributed by atoms with Crippen LogP contribution in [-0.4, -0.2) is 90.8 Å². The number of carbonyl (C=O) groups excluding carboxylic acids is 1. The first-order valence-electron chi connectivity index (χ1n) is 17.7. The average Bonchev–Trinajstić information content (AvgIpc) is 3.83. The van der Waals surface area contributed by atoms with Crippen LogP contribution in [0.4, 0.5) is 14.7 Å². The number of hydrogen-bond acceptors (Lipinski definition) is 8. The molecular formula is C40H44F2N6O4. The second kappa shape index (κ2) is 15.2. The van der Waals surface area contributed by atoms with Crippen LogP contribution in [0, 0.1) is 11.6 Å². The summed E-state index contributed by atoms with van der Waals surface area (Å²) in [6.45, 7) is 4.03. The minimum Gasteiger partial charge on any atom is -0.493 e. The number of carbonyl (C=O) groups is 1. The monoisotopic (exact) mass is 710 g/mol. The zero-order chi connectivity index (χ0) is 36.2. The number of amides is 1. The molecule has 0 saturated carbocycles. The number of hydrogen-bond donors (Lipinski definition) is 1. The van der Waals surface area contributed by atoms with Gasteiger partial charge in [0.15, 0.2) is 23.1 Å². The summed E-state index contributed by atoms with van der Waals surface area (Å²) in [5.41, 5.74) is 3.60. The Bertz CT molecular complexity index is 1960. The van der Waals surface area contributed by atoms with Gasteiger partial charge in [0, 0.05) is 62.1 Å². The molecule has 0 radical (unpaired) electrons. The van der Waals surface area contributed by atoms with Crippen LogP contribution in [0.5, 0.6) is 17.2 Å². The Morgan fingerprint density at radius 2 is 1.71 bits per heavy atom. The van der Waals surface area contributed by atoms with Crippen molar-refractivity contribution in [1.29, 1.82) is 0 Å². The topological polar surface area (TPSA) is 96.1 Å². The van der Waals surface area contributed by atoms with Gasteiger partial charge in [0.05, 0.1) is 32.4 Å². The van der Waals surface area contributed by atoms with E-state index < -0.39 is 17.0 Å². The molecule has 7 rings (SSSR count). The number of aromatic nitrogens is 3. The third kappa shape index (κ3) is 7.12. The van der Waals surface area contributed by atoms with Crippen LogP contribution in [0.25, 0.3) is 11.0 Å². The Balaban J connectivity index is 1.07. The van der Waals surface area contributed by atoms with Gasteiger partial charge in [-0.3, -0.25) is 9.78 Å². The molecule has 1 unspecified atom stereocenters. The third-order valence-electron chi connectivity index (χ3n) is 10.7. The molecule has 5 aromatic rings. The molecule has 3 aromatic carbocycles. The zero-order valence-corrected chi connectivity index (χ0v) is 29.8. The van der Waals surface area contributed by atoms with Crippen molar-refractivity contribution < 1.29 is 27.8 Å². The number of para-hydroxylation sites is 2. The van der Waals surface area contributed by atoms with Crippen molar-refractivity contribution in [3.8, 4) is 17.2 Å². The molecule has 2 aromatic heterocycles. The Morgan fingerprint density at radius 3 is 2.38 bits per heavy atom. The summed E-state index contributed by atoms with van der Waals surface area (Å²) in [6.07, 6.45) is 6.86. The van der Waals surface area contributed by atoms with Crippen LogP contribution in [0.3, 0.4) is 0 Å². The van der Waals surface area contributed by atoms with Crippen LogP contribution in [0.1, 0.15) is 47.2 Å². The molecule has 1 N–H and O–H groups in total. The Hall–Kier alpha value is -5.23. The summed E-state index contributed by atoms with van der Waals surface area (Å²) in [6, 6.07) is 19.8. The SMILES string of the molecule is COc1cc(C(=O)N2CCC(CCN3CCC(N(Cc4cccnc4)c4nc5ccccc5[nH]4)CC3)(c3ccc(F)c(F)c3)C2)cc(OC)c1OC. The molecule has 10 nitrogen and oxygen atoms in total. The highest BCUT2D eigenvalue weighted by Gasteiger charge is 2.42. The first kappa shape index (κ1) is 35.2. The summed E-state index contributed by atoms with van der Waals surface area (Å²) in [4.78, 5) is 33.4. The van der Waals surface area contributed by atoms with E-state index in [1.807, 2.05) is 36.5 Å². The highest BCUT2D eigenvalue weighted by molar-refractivity contribution is 5.96. The number of fused-ring (bicyclic) bond motifs is 1. The van der Waals surface area contributed by atoms with E-state index in [0.29, 0.717) is 60.9 Å². The molecule has 2 aliphatic rings. The summed E-state index contributed by atoms with van der Waals surface area (Å²) in [5.74, 6) is 0.0714. The predicted octanol–water partition coefficient (Wildman–Crippen LogP) is 6.61. The van der Waals surface area contributed by atoms with Crippen LogP contribution >= 0.6 is 0 Å². The van der Waals surface area contributed by atoms with Crippen LogP contribution < -0.4 is 19.1 Å². The van der Waals surface area contributed by atoms with Gasteiger partial charge in [0.1, 0.15) is 0 Å². The van der Waals surface area contributed by atoms with Gasteiger partial charge >= 0.3 is 0 Å². The number of anilines is 1. The average molecular weight is 711 g/mol. The van der Waals surface area contributed by atoms with Crippen molar-refractivity contribution in [1.82, 2.24) is 24.8 Å². The second-order valence-corrected chi connectivity index (χ2v) is 13.7. The summed E-state index contributed by atoms with van der Waals surface area (Å²) >= 11 is 0. The van der Waals surface area contributed by atoms with Gasteiger partial charge in [-0.15, -0.1) is 0 Å². The maximum atomic E-state index is 14.7. The molecule has 0 spiro atoms. The lowest BCUT2D eigenvalue weighted by Crippen LogP contribution is -2.46. The quantitative estimate of drug-likeness (QED) is 0.155. The first-order chi connectivity index (χ1) is 25.3. The number of likely N-dealkylation sites (tertiary alicyclic amines) is 2. The molecule has 52 heavy (non-hydrogen) atoms. The van der Waals surface area contributed by atoms with E-state index in [1.165, 1.54) is 33.5 Å². The lowest BCUT2D eigenvalue weighted by Gasteiger charge is -2.40. The normalized spacial score (nSPS) is 18.1. The predicted molar refractivity (Wildman–Crippen MR) is 195 cm³/mol. The number of imidazole rings is 1. The largest absolute Gasteiger partial charge is 0.493 e. The number of ether oxygens (including phenoxy) is 3. The highest BCUT2D eigenvalue weighted by Crippen LogP contribution is 2.42. The number of piperidine rings is 1. The number of pyridine rings is 1. The van der Waals surface area contributed by atoms with E-state index in [0.717, 1.165) is 55.0 Å². The minimum atomic E-state index is -0.885. The van der Waals surface area contributed by atoms with E-state index in [-0.39, 0.29) is 11.9 Å². The Labute approximate surface area is 302 Å². The Morgan fingerprint density at radius 1 is 0.942 bits per heavy atom. The highest BCUT2D eigenvalue weighted by atomic mass is 19.2. The molecule has 0 bridgehead atoms. The number of aromatic amines is 1. The number of methoxy groups -OCH3 is 3. The summed E-state index contributed by atoms with van der Waals surface area (Å²) in [7, 11) is 4.53. The first-order valence-corrected chi connectivity index (χ1v) is 17.7. The van der Waals surface area contributed by atoms with E-state index in [1.54, 1.807) is 29.3 Å². The molecule has 12 heteroatoms. The van der Waals surface area contributed by atoms with Gasteiger partial charge in [-0.05, 0) is 85.8 Å². The van der Waals surface area contributed by atoms with Crippen LogP contribution in [0.2, 0.25) is 0 Å². The van der Waals surface area contributed by atoms with Crippen molar-refractivity contribution >= 4 is 22.9 Å². The molecule has 1 amide bonds. The van der Waals surface area contributed by atoms with Crippen molar-refractivity contribution in [2.24, 2.45) is 0 Å². The molecule has 0 aliphatic carbocycles. The summed E-state index contributed by atoms with van der Waals surface area (Å²) in [5, 5.41) is 0. The lowest BCUT2D eigenvalue weighted by molar-refractivity contribution is 0.0779. The standard InChI is InChI=1S/C40H44F2N6O4/c1-50-35-21-28(22-36(51-2)37(35)52-3)38(49)47-20-15-40(26-47,29-10-11-31(41)32(42)23-29)14-19-46-17-12-30(13-18-46)48(25-27-7-6-16-43-24-27)39-44-33-8-4-5-9-34(33)45-39/h4-11,16,21-24,30H,12-15,17-20,25-26H2,1-3H3,(H,44,45). The van der Waals surface area contributed by atoms with E-state index in [4.69, 9.17) is 19.2 Å². The fraction of sp³-hybridized carbons (Fsp3) is 0.375. The zero-order valence-electron chi connectivity index (χ0n) is 29.8. The van der Waals surface area contributed by atoms with Crippen molar-refractivity contribution in [2.75, 3.05) is 59.0 Å². The third-order valence-corrected chi connectivity index (χ3v) is 10.7. The minimum absolute atomic E-state index is 0.191. The molecule has 4 heterocycles. The second-order valence-electron chi connectivity index (χ2n) is 13.7. The number of nitrogens with one attached hydrogen (secondary N) is 1. The van der Waals surface area contributed by atoms with Crippen LogP contribution in [-0.2, 0) is 12.0 Å². The number of halogens is 2. The fourth-order valence-corrected chi connectivity index (χ4v) is 7.81. The van der Waals surface area contributed by atoms with Gasteiger partial charge < -0.3 is 33.9 Å². The van der Waals surface area contributed by atoms with E-state index in [2.05, 4.69) is 25.8 Å². The van der Waals surface area contributed by atoms with Gasteiger partial charge in [-0.1, -0.05) is 24.3 Å². The van der Waals surface area contributed by atoms with Gasteiger partial charge in [0.2, 0.25) is 11.7 Å². The van der Waals surface area contributed by atoms with Gasteiger partial charge in [0.25, 0.3) is 5.91 Å². The molecule has 2 saturated heterocycles. The molecule has 2 fully saturated rings. The molecule has 1 atom stereocenters. The molecule has 2 aliphatic heterocycles. The van der Waals surface area contributed by atoms with Gasteiger partial charge in [-0.25, -0.2) is 13.8 Å². The molecular weight excluding hydrogens is 666 g/mol. The number of H-pyrrole nitrogens is 1. The molecule has 272 valence electrons. The van der Waals surface area contributed by atoms with Crippen LogP contribution in [0.15, 0.2) is 79.1 Å². The fourth-order valence-electron chi connectivity index (χ4n) is 7.81. The maximum absolute atomic E-state index is 14.7. The lowest BCUT2D eigenvalue weighted by atomic mass is 9.76. The maximum Gasteiger partial charge on any atom is 0.254 e. The Kier molecular flexibility index (Phi) is 10.3. The van der Waals surface area contributed by atoms with Crippen molar-refractivity contribution in [3.05, 3.63) is 107 Å². The number of benzene rings is 3. The number of nitrogens with zero attached hydrogens (tertiary/aromatic N) is 5. The van der Waals surface area contributed by atoms with E-state index in [9.17, 15) is 13.6 Å². The van der Waals surface area contributed by atoms with E-state index >= 15 is 0 Å². The smallest absolute Gasteiger partial charge is 0.254 e. The van der Waals surface area contributed by atoms with Crippen molar-refractivity contribution in [3.63, 3.8) is 0 Å².